The third-order valence-corrected chi connectivity index (χ3v) is 6.24. The number of nitrogens with one attached hydrogen (secondary N) is 1. The van der Waals surface area contributed by atoms with Gasteiger partial charge in [-0.05, 0) is 31.9 Å². The van der Waals surface area contributed by atoms with Gasteiger partial charge in [0.2, 0.25) is 11.8 Å². The molecule has 3 aliphatic rings. The largest absolute Gasteiger partial charge is 0.379 e. The van der Waals surface area contributed by atoms with E-state index in [4.69, 9.17) is 21.1 Å². The second-order valence-corrected chi connectivity index (χ2v) is 8.66. The number of nitrogens with zero attached hydrogens (tertiary/aromatic N) is 1. The Morgan fingerprint density at radius 1 is 1.41 bits per heavy atom. The fourth-order valence-corrected chi connectivity index (χ4v) is 4.76. The minimum atomic E-state index is -0.703. The number of rotatable bonds is 8. The predicted octanol–water partition coefficient (Wildman–Crippen LogP) is 2.55. The molecule has 0 aliphatic carbocycles. The molecule has 0 unspecified atom stereocenters. The molecule has 7 heteroatoms. The van der Waals surface area contributed by atoms with E-state index in [-0.39, 0.29) is 24.0 Å². The van der Waals surface area contributed by atoms with Gasteiger partial charge in [0.15, 0.2) is 0 Å². The molecule has 2 fully saturated rings. The summed E-state index contributed by atoms with van der Waals surface area (Å²) < 4.78 is 11.7. The fourth-order valence-electron chi connectivity index (χ4n) is 4.56. The summed E-state index contributed by atoms with van der Waals surface area (Å²) in [6, 6.07) is 7.50. The molecule has 1 N–H and O–H groups in total. The summed E-state index contributed by atoms with van der Waals surface area (Å²) in [5.74, 6) is -1.13. The molecule has 1 aromatic rings. The standard InChI is InChI=1S/C22H27ClN2O4/c1-14(2)28-11-5-10-24-20(26)18-17-8-9-22(29-17)13-25(21(27)19(18)22)12-15-6-3-4-7-16(15)23/h3-4,6-9,14,17-19H,5,10-13H2,1-2H3,(H,24,26)/t17-,18+,19-,22+/m0/s1. The molecule has 0 aromatic heterocycles. The van der Waals surface area contributed by atoms with Gasteiger partial charge in [-0.3, -0.25) is 9.59 Å². The van der Waals surface area contributed by atoms with Gasteiger partial charge in [0.1, 0.15) is 5.60 Å². The summed E-state index contributed by atoms with van der Waals surface area (Å²) >= 11 is 6.27. The molecule has 4 atom stereocenters. The van der Waals surface area contributed by atoms with Crippen molar-refractivity contribution >= 4 is 23.4 Å². The third-order valence-electron chi connectivity index (χ3n) is 5.87. The van der Waals surface area contributed by atoms with E-state index < -0.39 is 17.4 Å². The highest BCUT2D eigenvalue weighted by atomic mass is 35.5. The fraction of sp³-hybridized carbons (Fsp3) is 0.545. The van der Waals surface area contributed by atoms with Crippen molar-refractivity contribution in [1.29, 1.82) is 0 Å². The van der Waals surface area contributed by atoms with Crippen LogP contribution >= 0.6 is 11.6 Å². The first-order valence-electron chi connectivity index (χ1n) is 10.2. The monoisotopic (exact) mass is 418 g/mol. The molecule has 1 aromatic carbocycles. The van der Waals surface area contributed by atoms with Gasteiger partial charge in [-0.15, -0.1) is 0 Å². The number of ether oxygens (including phenoxy) is 2. The van der Waals surface area contributed by atoms with Gasteiger partial charge in [0, 0.05) is 24.7 Å². The molecule has 1 spiro atoms. The van der Waals surface area contributed by atoms with Crippen molar-refractivity contribution in [2.75, 3.05) is 19.7 Å². The van der Waals surface area contributed by atoms with Gasteiger partial charge in [0.25, 0.3) is 0 Å². The van der Waals surface area contributed by atoms with Gasteiger partial charge in [-0.2, -0.15) is 0 Å². The topological polar surface area (TPSA) is 67.9 Å². The molecule has 0 saturated carbocycles. The van der Waals surface area contributed by atoms with Crippen molar-refractivity contribution < 1.29 is 19.1 Å². The SMILES string of the molecule is CC(C)OCCCNC(=O)[C@@H]1[C@@H]2C=C[C@]3(CN(Cc4ccccc4Cl)C(=O)[C@H]13)O2. The summed E-state index contributed by atoms with van der Waals surface area (Å²) in [7, 11) is 0. The lowest BCUT2D eigenvalue weighted by molar-refractivity contribution is -0.137. The second kappa shape index (κ2) is 8.09. The number of halogens is 1. The van der Waals surface area contributed by atoms with E-state index in [1.54, 1.807) is 4.90 Å². The number of benzene rings is 1. The van der Waals surface area contributed by atoms with Crippen molar-refractivity contribution in [3.05, 3.63) is 47.0 Å². The first-order valence-corrected chi connectivity index (χ1v) is 10.6. The van der Waals surface area contributed by atoms with Crippen LogP contribution in [0.5, 0.6) is 0 Å². The van der Waals surface area contributed by atoms with Crippen LogP contribution in [0.4, 0.5) is 0 Å². The highest BCUT2D eigenvalue weighted by molar-refractivity contribution is 6.31. The molecule has 6 nitrogen and oxygen atoms in total. The Morgan fingerprint density at radius 3 is 2.97 bits per heavy atom. The average Bonchev–Trinajstić information content (AvgIpc) is 3.31. The maximum Gasteiger partial charge on any atom is 0.230 e. The number of likely N-dealkylation sites (tertiary alicyclic amines) is 1. The first-order chi connectivity index (χ1) is 13.9. The Bertz CT molecular complexity index is 827. The van der Waals surface area contributed by atoms with Crippen LogP contribution in [0.1, 0.15) is 25.8 Å². The lowest BCUT2D eigenvalue weighted by atomic mass is 9.77. The number of hydrogen-bond donors (Lipinski definition) is 1. The minimum Gasteiger partial charge on any atom is -0.379 e. The lowest BCUT2D eigenvalue weighted by Crippen LogP contribution is -2.44. The zero-order chi connectivity index (χ0) is 20.6. The van der Waals surface area contributed by atoms with Gasteiger partial charge in [-0.1, -0.05) is 42.0 Å². The molecule has 156 valence electrons. The Kier molecular flexibility index (Phi) is 5.69. The highest BCUT2D eigenvalue weighted by Crippen LogP contribution is 2.52. The Morgan fingerprint density at radius 2 is 2.21 bits per heavy atom. The van der Waals surface area contributed by atoms with Gasteiger partial charge in [0.05, 0.1) is 30.6 Å². The third kappa shape index (κ3) is 3.81. The van der Waals surface area contributed by atoms with E-state index in [9.17, 15) is 9.59 Å². The van der Waals surface area contributed by atoms with Crippen molar-refractivity contribution in [3.8, 4) is 0 Å². The van der Waals surface area contributed by atoms with Crippen LogP contribution in [0.2, 0.25) is 5.02 Å². The molecule has 2 bridgehead atoms. The quantitative estimate of drug-likeness (QED) is 0.520. The van der Waals surface area contributed by atoms with E-state index >= 15 is 0 Å². The number of fused-ring (bicyclic) bond motifs is 1. The van der Waals surface area contributed by atoms with E-state index in [2.05, 4.69) is 5.32 Å². The van der Waals surface area contributed by atoms with Crippen LogP contribution in [-0.4, -0.2) is 54.2 Å². The molecule has 29 heavy (non-hydrogen) atoms. The molecule has 3 aliphatic heterocycles. The van der Waals surface area contributed by atoms with Gasteiger partial charge in [-0.25, -0.2) is 0 Å². The van der Waals surface area contributed by atoms with E-state index in [1.807, 2.05) is 50.3 Å². The number of carbonyl (C=O) groups excluding carboxylic acids is 2. The lowest BCUT2D eigenvalue weighted by Gasteiger charge is -2.23. The molecule has 4 rings (SSSR count). The zero-order valence-corrected chi connectivity index (χ0v) is 17.5. The summed E-state index contributed by atoms with van der Waals surface area (Å²) in [6.45, 7) is 5.95. The molecule has 0 radical (unpaired) electrons. The Balaban J connectivity index is 1.42. The number of hydrogen-bond acceptors (Lipinski definition) is 4. The van der Waals surface area contributed by atoms with Gasteiger partial charge >= 0.3 is 0 Å². The maximum atomic E-state index is 13.2. The van der Waals surface area contributed by atoms with Crippen LogP contribution in [0.25, 0.3) is 0 Å². The average molecular weight is 419 g/mol. The zero-order valence-electron chi connectivity index (χ0n) is 16.8. The van der Waals surface area contributed by atoms with E-state index in [0.29, 0.717) is 31.3 Å². The second-order valence-electron chi connectivity index (χ2n) is 8.25. The maximum absolute atomic E-state index is 13.2. The smallest absolute Gasteiger partial charge is 0.230 e. The number of amides is 2. The molecular weight excluding hydrogens is 392 g/mol. The Hall–Kier alpha value is -1.89. The van der Waals surface area contributed by atoms with Crippen molar-refractivity contribution in [3.63, 3.8) is 0 Å². The molecular formula is C22H27ClN2O4. The minimum absolute atomic E-state index is 0.0416. The summed E-state index contributed by atoms with van der Waals surface area (Å²) in [5.41, 5.74) is 0.190. The van der Waals surface area contributed by atoms with Crippen molar-refractivity contribution in [1.82, 2.24) is 10.2 Å². The summed E-state index contributed by atoms with van der Waals surface area (Å²) in [5, 5.41) is 3.59. The molecule has 2 saturated heterocycles. The van der Waals surface area contributed by atoms with E-state index in [1.165, 1.54) is 0 Å². The molecule has 2 amide bonds. The van der Waals surface area contributed by atoms with Crippen LogP contribution in [0.3, 0.4) is 0 Å². The summed E-state index contributed by atoms with van der Waals surface area (Å²) in [4.78, 5) is 27.9. The Labute approximate surface area is 176 Å². The summed E-state index contributed by atoms with van der Waals surface area (Å²) in [6.07, 6.45) is 4.47. The van der Waals surface area contributed by atoms with Crippen molar-refractivity contribution in [2.45, 2.75) is 44.6 Å². The highest BCUT2D eigenvalue weighted by Gasteiger charge is 2.66. The van der Waals surface area contributed by atoms with Crippen LogP contribution in [-0.2, 0) is 25.6 Å². The normalized spacial score (nSPS) is 29.7. The van der Waals surface area contributed by atoms with Crippen LogP contribution in [0, 0.1) is 11.8 Å². The predicted molar refractivity (Wildman–Crippen MR) is 109 cm³/mol. The van der Waals surface area contributed by atoms with E-state index in [0.717, 1.165) is 12.0 Å². The number of carbonyl (C=O) groups is 2. The first kappa shape index (κ1) is 20.4. The molecule has 3 heterocycles. The van der Waals surface area contributed by atoms with Crippen LogP contribution < -0.4 is 5.32 Å². The van der Waals surface area contributed by atoms with Crippen LogP contribution in [0.15, 0.2) is 36.4 Å². The van der Waals surface area contributed by atoms with Crippen molar-refractivity contribution in [2.24, 2.45) is 11.8 Å². The van der Waals surface area contributed by atoms with Gasteiger partial charge < -0.3 is 19.7 Å².